The molecule has 4 heteroatoms. The summed E-state index contributed by atoms with van der Waals surface area (Å²) in [5.74, 6) is 0.870. The molecule has 1 aromatic carbocycles. The minimum Gasteiger partial charge on any atom is -0.497 e. The fraction of sp³-hybridized carbons (Fsp3) is 0.250. The van der Waals surface area contributed by atoms with Gasteiger partial charge in [-0.1, -0.05) is 12.1 Å². The molecule has 0 unspecified atom stereocenters. The Kier molecular flexibility index (Phi) is 6.11. The molecule has 0 aromatic heterocycles. The van der Waals surface area contributed by atoms with E-state index in [1.165, 1.54) is 0 Å². The number of methoxy groups -OCH3 is 1. The summed E-state index contributed by atoms with van der Waals surface area (Å²) in [7, 11) is 1.67. The third-order valence-corrected chi connectivity index (χ3v) is 3.82. The van der Waals surface area contributed by atoms with Crippen molar-refractivity contribution in [3.63, 3.8) is 0 Å². The summed E-state index contributed by atoms with van der Waals surface area (Å²) in [4.78, 5) is 4.33. The van der Waals surface area contributed by atoms with Gasteiger partial charge >= 0.3 is 0 Å². The minimum atomic E-state index is 0.870. The number of aliphatic imine (C=N–C) groups is 1. The first-order valence-corrected chi connectivity index (χ1v) is 7.21. The van der Waals surface area contributed by atoms with Crippen LogP contribution in [0.5, 0.6) is 5.75 Å². The van der Waals surface area contributed by atoms with Crippen LogP contribution >= 0.6 is 23.5 Å². The predicted octanol–water partition coefficient (Wildman–Crippen LogP) is 3.75. The molecule has 0 saturated heterocycles. The molecule has 2 nitrogen and oxygen atoms in total. The van der Waals surface area contributed by atoms with Crippen molar-refractivity contribution < 1.29 is 4.74 Å². The maximum atomic E-state index is 5.09. The number of hydrogen-bond acceptors (Lipinski definition) is 4. The van der Waals surface area contributed by atoms with Gasteiger partial charge in [-0.3, -0.25) is 0 Å². The topological polar surface area (TPSA) is 21.6 Å². The third-order valence-electron chi connectivity index (χ3n) is 1.91. The third kappa shape index (κ3) is 4.33. The SMILES string of the molecule is COc1ccc(/C=C\N=C(SC)SC)cc1. The molecule has 0 N–H and O–H groups in total. The molecule has 0 aliphatic rings. The van der Waals surface area contributed by atoms with E-state index in [2.05, 4.69) is 4.99 Å². The molecule has 0 aliphatic heterocycles. The second kappa shape index (κ2) is 7.41. The van der Waals surface area contributed by atoms with E-state index < -0.39 is 0 Å². The monoisotopic (exact) mass is 253 g/mol. The Morgan fingerprint density at radius 2 is 1.81 bits per heavy atom. The average molecular weight is 253 g/mol. The van der Waals surface area contributed by atoms with Crippen LogP contribution in [-0.4, -0.2) is 24.0 Å². The molecular formula is C12H15NOS2. The van der Waals surface area contributed by atoms with Crippen LogP contribution in [0.1, 0.15) is 5.56 Å². The van der Waals surface area contributed by atoms with Crippen LogP contribution in [0.25, 0.3) is 6.08 Å². The van der Waals surface area contributed by atoms with Crippen LogP contribution < -0.4 is 4.74 Å². The summed E-state index contributed by atoms with van der Waals surface area (Å²) >= 11 is 3.31. The highest BCUT2D eigenvalue weighted by molar-refractivity contribution is 8.38. The standard InChI is InChI=1S/C12H15NOS2/c1-14-11-6-4-10(5-7-11)8-9-13-12(15-2)16-3/h4-9H,1-3H3/b9-8-. The lowest BCUT2D eigenvalue weighted by Gasteiger charge is -1.98. The molecule has 0 aliphatic carbocycles. The van der Waals surface area contributed by atoms with E-state index in [-0.39, 0.29) is 0 Å². The van der Waals surface area contributed by atoms with Crippen LogP contribution in [0.3, 0.4) is 0 Å². The molecule has 0 atom stereocenters. The fourth-order valence-corrected chi connectivity index (χ4v) is 2.09. The molecule has 0 heterocycles. The van der Waals surface area contributed by atoms with Crippen molar-refractivity contribution in [3.05, 3.63) is 36.0 Å². The van der Waals surface area contributed by atoms with Crippen molar-refractivity contribution in [2.45, 2.75) is 0 Å². The molecule has 1 aromatic rings. The molecule has 0 saturated carbocycles. The highest BCUT2D eigenvalue weighted by Gasteiger charge is 1.91. The van der Waals surface area contributed by atoms with Gasteiger partial charge in [0, 0.05) is 6.20 Å². The van der Waals surface area contributed by atoms with E-state index in [0.29, 0.717) is 0 Å². The smallest absolute Gasteiger partial charge is 0.129 e. The van der Waals surface area contributed by atoms with E-state index in [1.807, 2.05) is 49.1 Å². The van der Waals surface area contributed by atoms with Gasteiger partial charge in [-0.2, -0.15) is 0 Å². The predicted molar refractivity (Wildman–Crippen MR) is 76.5 cm³/mol. The fourth-order valence-electron chi connectivity index (χ4n) is 1.09. The second-order valence-electron chi connectivity index (χ2n) is 2.89. The van der Waals surface area contributed by atoms with Crippen molar-refractivity contribution in [2.24, 2.45) is 4.99 Å². The van der Waals surface area contributed by atoms with Crippen LogP contribution in [-0.2, 0) is 0 Å². The zero-order valence-corrected chi connectivity index (χ0v) is 11.3. The zero-order chi connectivity index (χ0) is 11.8. The quantitative estimate of drug-likeness (QED) is 0.605. The summed E-state index contributed by atoms with van der Waals surface area (Å²) in [6, 6.07) is 7.88. The Labute approximate surface area is 105 Å². The molecule has 0 spiro atoms. The molecule has 0 bridgehead atoms. The van der Waals surface area contributed by atoms with Crippen LogP contribution in [0, 0.1) is 0 Å². The van der Waals surface area contributed by atoms with Crippen molar-refractivity contribution in [1.82, 2.24) is 0 Å². The molecular weight excluding hydrogens is 238 g/mol. The highest BCUT2D eigenvalue weighted by atomic mass is 32.2. The van der Waals surface area contributed by atoms with Crippen molar-refractivity contribution >= 4 is 34.0 Å². The van der Waals surface area contributed by atoms with Gasteiger partial charge in [-0.05, 0) is 36.3 Å². The number of hydrogen-bond donors (Lipinski definition) is 0. The van der Waals surface area contributed by atoms with Gasteiger partial charge in [-0.15, -0.1) is 23.5 Å². The Hall–Kier alpha value is -0.870. The maximum Gasteiger partial charge on any atom is 0.129 e. The molecule has 16 heavy (non-hydrogen) atoms. The van der Waals surface area contributed by atoms with Crippen LogP contribution in [0.2, 0.25) is 0 Å². The van der Waals surface area contributed by atoms with Gasteiger partial charge in [0.2, 0.25) is 0 Å². The van der Waals surface area contributed by atoms with Gasteiger partial charge in [0.05, 0.1) is 7.11 Å². The van der Waals surface area contributed by atoms with Crippen LogP contribution in [0.4, 0.5) is 0 Å². The lowest BCUT2D eigenvalue weighted by Crippen LogP contribution is -1.81. The zero-order valence-electron chi connectivity index (χ0n) is 9.64. The molecule has 0 radical (unpaired) electrons. The van der Waals surface area contributed by atoms with Gasteiger partial charge in [0.1, 0.15) is 10.1 Å². The van der Waals surface area contributed by atoms with Gasteiger partial charge in [-0.25, -0.2) is 4.99 Å². The summed E-state index contributed by atoms with van der Waals surface area (Å²) in [5.41, 5.74) is 1.12. The lowest BCUT2D eigenvalue weighted by molar-refractivity contribution is 0.415. The number of rotatable bonds is 3. The molecule has 1 rings (SSSR count). The average Bonchev–Trinajstić information content (AvgIpc) is 2.35. The second-order valence-corrected chi connectivity index (χ2v) is 4.74. The van der Waals surface area contributed by atoms with Crippen molar-refractivity contribution in [2.75, 3.05) is 19.6 Å². The first-order chi connectivity index (χ1) is 7.80. The van der Waals surface area contributed by atoms with E-state index >= 15 is 0 Å². The number of ether oxygens (including phenoxy) is 1. The summed E-state index contributed by atoms with van der Waals surface area (Å²) in [5, 5.41) is 0. The van der Waals surface area contributed by atoms with Gasteiger partial charge in [0.25, 0.3) is 0 Å². The van der Waals surface area contributed by atoms with Crippen LogP contribution in [0.15, 0.2) is 35.5 Å². The minimum absolute atomic E-state index is 0.870. The molecule has 0 amide bonds. The van der Waals surface area contributed by atoms with Crippen molar-refractivity contribution in [1.29, 1.82) is 0 Å². The number of thioether (sulfide) groups is 2. The summed E-state index contributed by atoms with van der Waals surface area (Å²) in [6.07, 6.45) is 7.85. The molecule has 0 fully saturated rings. The lowest BCUT2D eigenvalue weighted by atomic mass is 10.2. The van der Waals surface area contributed by atoms with E-state index in [9.17, 15) is 0 Å². The van der Waals surface area contributed by atoms with E-state index in [4.69, 9.17) is 4.74 Å². The summed E-state index contributed by atoms with van der Waals surface area (Å²) < 4.78 is 6.15. The van der Waals surface area contributed by atoms with E-state index in [0.717, 1.165) is 15.7 Å². The Bertz CT molecular complexity index is 365. The highest BCUT2D eigenvalue weighted by Crippen LogP contribution is 2.14. The summed E-state index contributed by atoms with van der Waals surface area (Å²) in [6.45, 7) is 0. The van der Waals surface area contributed by atoms with Gasteiger partial charge < -0.3 is 4.74 Å². The number of benzene rings is 1. The Morgan fingerprint density at radius 1 is 1.19 bits per heavy atom. The van der Waals surface area contributed by atoms with Gasteiger partial charge in [0.15, 0.2) is 0 Å². The number of nitrogens with zero attached hydrogens (tertiary/aromatic N) is 1. The van der Waals surface area contributed by atoms with Crippen molar-refractivity contribution in [3.8, 4) is 5.75 Å². The van der Waals surface area contributed by atoms with E-state index in [1.54, 1.807) is 30.6 Å². The normalized spacial score (nSPS) is 10.4. The Balaban J connectivity index is 2.65. The maximum absolute atomic E-state index is 5.09. The molecule has 86 valence electrons. The Morgan fingerprint density at radius 3 is 2.31 bits per heavy atom. The largest absolute Gasteiger partial charge is 0.497 e. The first kappa shape index (κ1) is 13.2. The first-order valence-electron chi connectivity index (χ1n) is 4.76.